The SMILES string of the molecule is O=C(NCCC(=O)N1C[C@H]2C[C@@H](N3CCOCC3)[C@H](O)C[C@H]2C1)c1ccccc1F. The summed E-state index contributed by atoms with van der Waals surface area (Å²) in [5.74, 6) is -0.353. The highest BCUT2D eigenvalue weighted by atomic mass is 19.1. The third-order valence-electron chi connectivity index (χ3n) is 6.72. The van der Waals surface area contributed by atoms with Crippen LogP contribution in [0, 0.1) is 17.7 Å². The highest BCUT2D eigenvalue weighted by molar-refractivity contribution is 5.94. The number of amides is 2. The average molecular weight is 419 g/mol. The van der Waals surface area contributed by atoms with Crippen molar-refractivity contribution in [1.82, 2.24) is 15.1 Å². The molecule has 2 amide bonds. The van der Waals surface area contributed by atoms with Crippen LogP contribution in [0.3, 0.4) is 0 Å². The van der Waals surface area contributed by atoms with E-state index in [9.17, 15) is 19.1 Å². The summed E-state index contributed by atoms with van der Waals surface area (Å²) in [7, 11) is 0. The molecule has 1 aliphatic carbocycles. The molecule has 2 saturated heterocycles. The molecule has 1 aromatic carbocycles. The highest BCUT2D eigenvalue weighted by Gasteiger charge is 2.44. The quantitative estimate of drug-likeness (QED) is 0.740. The number of aliphatic hydroxyl groups excluding tert-OH is 1. The fraction of sp³-hybridized carbons (Fsp3) is 0.636. The number of hydrogen-bond donors (Lipinski definition) is 2. The van der Waals surface area contributed by atoms with Gasteiger partial charge in [0.1, 0.15) is 5.82 Å². The van der Waals surface area contributed by atoms with Crippen LogP contribution in [0.5, 0.6) is 0 Å². The van der Waals surface area contributed by atoms with Crippen LogP contribution in [0.2, 0.25) is 0 Å². The van der Waals surface area contributed by atoms with Gasteiger partial charge in [-0.3, -0.25) is 14.5 Å². The van der Waals surface area contributed by atoms with Gasteiger partial charge in [0.05, 0.1) is 24.9 Å². The van der Waals surface area contributed by atoms with Crippen molar-refractivity contribution in [2.45, 2.75) is 31.4 Å². The maximum absolute atomic E-state index is 13.7. The largest absolute Gasteiger partial charge is 0.391 e. The molecule has 3 fully saturated rings. The van der Waals surface area contributed by atoms with E-state index in [1.54, 1.807) is 6.07 Å². The van der Waals surface area contributed by atoms with Crippen LogP contribution in [0.4, 0.5) is 4.39 Å². The van der Waals surface area contributed by atoms with Gasteiger partial charge in [-0.15, -0.1) is 0 Å². The molecule has 0 bridgehead atoms. The molecule has 3 aliphatic rings. The van der Waals surface area contributed by atoms with E-state index in [4.69, 9.17) is 4.74 Å². The van der Waals surface area contributed by atoms with Gasteiger partial charge in [-0.25, -0.2) is 4.39 Å². The van der Waals surface area contributed by atoms with Gasteiger partial charge in [-0.2, -0.15) is 0 Å². The maximum atomic E-state index is 13.7. The minimum atomic E-state index is -0.571. The number of ether oxygens (including phenoxy) is 1. The third kappa shape index (κ3) is 4.66. The van der Waals surface area contributed by atoms with Crippen LogP contribution < -0.4 is 5.32 Å². The van der Waals surface area contributed by atoms with Crippen LogP contribution in [-0.2, 0) is 9.53 Å². The van der Waals surface area contributed by atoms with Crippen molar-refractivity contribution in [2.24, 2.45) is 11.8 Å². The minimum Gasteiger partial charge on any atom is -0.391 e. The molecule has 7 nitrogen and oxygen atoms in total. The normalized spacial score (nSPS) is 29.5. The summed E-state index contributed by atoms with van der Waals surface area (Å²) in [6, 6.07) is 5.94. The number of aliphatic hydroxyl groups is 1. The second kappa shape index (κ2) is 9.41. The summed E-state index contributed by atoms with van der Waals surface area (Å²) in [6.07, 6.45) is 1.45. The molecule has 1 aromatic rings. The van der Waals surface area contributed by atoms with Crippen molar-refractivity contribution in [1.29, 1.82) is 0 Å². The van der Waals surface area contributed by atoms with Crippen LogP contribution >= 0.6 is 0 Å². The molecule has 2 aliphatic heterocycles. The van der Waals surface area contributed by atoms with Crippen LogP contribution in [-0.4, -0.2) is 84.8 Å². The van der Waals surface area contributed by atoms with Crippen molar-refractivity contribution >= 4 is 11.8 Å². The Kier molecular flexibility index (Phi) is 6.65. The van der Waals surface area contributed by atoms with Gasteiger partial charge in [0.2, 0.25) is 5.91 Å². The molecule has 30 heavy (non-hydrogen) atoms. The molecule has 4 atom stereocenters. The molecule has 164 valence electrons. The number of benzene rings is 1. The van der Waals surface area contributed by atoms with E-state index >= 15 is 0 Å². The molecule has 2 heterocycles. The lowest BCUT2D eigenvalue weighted by molar-refractivity contribution is -0.130. The summed E-state index contributed by atoms with van der Waals surface area (Å²) in [5.41, 5.74) is -0.0136. The Labute approximate surface area is 176 Å². The van der Waals surface area contributed by atoms with Crippen LogP contribution in [0.25, 0.3) is 0 Å². The van der Waals surface area contributed by atoms with Gasteiger partial charge in [0, 0.05) is 45.2 Å². The van der Waals surface area contributed by atoms with Crippen molar-refractivity contribution in [3.8, 4) is 0 Å². The van der Waals surface area contributed by atoms with Gasteiger partial charge in [-0.1, -0.05) is 12.1 Å². The van der Waals surface area contributed by atoms with E-state index < -0.39 is 11.7 Å². The molecule has 0 radical (unpaired) electrons. The van der Waals surface area contributed by atoms with E-state index in [2.05, 4.69) is 10.2 Å². The number of morpholine rings is 1. The Morgan fingerprint density at radius 3 is 2.57 bits per heavy atom. The second-order valence-electron chi connectivity index (χ2n) is 8.56. The lowest BCUT2D eigenvalue weighted by Crippen LogP contribution is -2.53. The number of carbonyl (C=O) groups excluding carboxylic acids is 2. The molecular weight excluding hydrogens is 389 g/mol. The Morgan fingerprint density at radius 1 is 1.13 bits per heavy atom. The Hall–Kier alpha value is -2.03. The minimum absolute atomic E-state index is 0.00403. The number of carbonyl (C=O) groups is 2. The predicted octanol–water partition coefficient (Wildman–Crippen LogP) is 0.876. The zero-order chi connectivity index (χ0) is 21.1. The fourth-order valence-corrected chi connectivity index (χ4v) is 5.09. The smallest absolute Gasteiger partial charge is 0.254 e. The third-order valence-corrected chi connectivity index (χ3v) is 6.72. The first kappa shape index (κ1) is 21.2. The molecule has 8 heteroatoms. The number of hydrogen-bond acceptors (Lipinski definition) is 5. The fourth-order valence-electron chi connectivity index (χ4n) is 5.09. The molecular formula is C22H30FN3O4. The Morgan fingerprint density at radius 2 is 1.83 bits per heavy atom. The van der Waals surface area contributed by atoms with Gasteiger partial charge in [0.25, 0.3) is 5.91 Å². The number of fused-ring (bicyclic) bond motifs is 1. The maximum Gasteiger partial charge on any atom is 0.254 e. The van der Waals surface area contributed by atoms with Crippen molar-refractivity contribution in [2.75, 3.05) is 45.9 Å². The summed E-state index contributed by atoms with van der Waals surface area (Å²) >= 11 is 0. The summed E-state index contributed by atoms with van der Waals surface area (Å²) < 4.78 is 19.1. The van der Waals surface area contributed by atoms with Crippen molar-refractivity contribution in [3.05, 3.63) is 35.6 Å². The molecule has 1 saturated carbocycles. The summed E-state index contributed by atoms with van der Waals surface area (Å²) in [4.78, 5) is 28.9. The van der Waals surface area contributed by atoms with E-state index in [0.717, 1.165) is 25.9 Å². The first-order valence-corrected chi connectivity index (χ1v) is 10.8. The Bertz CT molecular complexity index is 771. The summed E-state index contributed by atoms with van der Waals surface area (Å²) in [6.45, 7) is 4.67. The lowest BCUT2D eigenvalue weighted by Gasteiger charge is -2.43. The molecule has 4 rings (SSSR count). The van der Waals surface area contributed by atoms with Crippen molar-refractivity contribution < 1.29 is 23.8 Å². The van der Waals surface area contributed by atoms with Crippen molar-refractivity contribution in [3.63, 3.8) is 0 Å². The average Bonchev–Trinajstić information content (AvgIpc) is 3.17. The first-order valence-electron chi connectivity index (χ1n) is 10.8. The number of rotatable bonds is 5. The standard InChI is InChI=1S/C22H30FN3O4/c23-18-4-2-1-3-17(18)22(29)24-6-5-21(28)26-13-15-11-19(20(27)12-16(15)14-26)25-7-9-30-10-8-25/h1-4,15-16,19-20,27H,5-14H2,(H,24,29)/t15-,16+,19-,20-/m1/s1. The second-order valence-corrected chi connectivity index (χ2v) is 8.56. The highest BCUT2D eigenvalue weighted by Crippen LogP contribution is 2.38. The topological polar surface area (TPSA) is 82.1 Å². The zero-order valence-electron chi connectivity index (χ0n) is 17.1. The molecule has 0 aromatic heterocycles. The van der Waals surface area contributed by atoms with E-state index in [0.29, 0.717) is 38.1 Å². The molecule has 2 N–H and O–H groups in total. The summed E-state index contributed by atoms with van der Waals surface area (Å²) in [5, 5.41) is 13.3. The number of nitrogens with one attached hydrogen (secondary N) is 1. The monoisotopic (exact) mass is 419 g/mol. The van der Waals surface area contributed by atoms with Gasteiger partial charge in [0.15, 0.2) is 0 Å². The number of halogens is 1. The van der Waals surface area contributed by atoms with E-state index in [-0.39, 0.29) is 36.6 Å². The van der Waals surface area contributed by atoms with Gasteiger partial charge < -0.3 is 20.1 Å². The van der Waals surface area contributed by atoms with E-state index in [1.807, 2.05) is 4.90 Å². The van der Waals surface area contributed by atoms with Crippen LogP contribution in [0.1, 0.15) is 29.6 Å². The lowest BCUT2D eigenvalue weighted by atomic mass is 9.77. The molecule has 0 spiro atoms. The zero-order valence-corrected chi connectivity index (χ0v) is 17.1. The van der Waals surface area contributed by atoms with Gasteiger partial charge >= 0.3 is 0 Å². The van der Waals surface area contributed by atoms with Gasteiger partial charge in [-0.05, 0) is 36.8 Å². The number of likely N-dealkylation sites (tertiary alicyclic amines) is 1. The predicted molar refractivity (Wildman–Crippen MR) is 108 cm³/mol. The Balaban J connectivity index is 1.25. The molecule has 0 unspecified atom stereocenters. The van der Waals surface area contributed by atoms with Crippen LogP contribution in [0.15, 0.2) is 24.3 Å². The first-order chi connectivity index (χ1) is 14.5. The van der Waals surface area contributed by atoms with E-state index in [1.165, 1.54) is 18.2 Å². The number of nitrogens with zero attached hydrogens (tertiary/aromatic N) is 2.